The molecule has 0 aliphatic rings. The number of hydrogen-bond donors (Lipinski definition) is 0. The zero-order chi connectivity index (χ0) is 14.8. The average molecular weight is 277 g/mol. The Balaban J connectivity index is 2.74. The molecule has 0 aromatic heterocycles. The predicted molar refractivity (Wildman–Crippen MR) is 79.4 cm³/mol. The zero-order valence-electron chi connectivity index (χ0n) is 12.0. The molecule has 0 radical (unpaired) electrons. The molecule has 0 aliphatic carbocycles. The standard InChI is InChI=1S/C16H23NO3/c1-2-3-4-6-11-15(13-18)16(12-17(19)20)14-9-7-5-8-10-14/h5,7-10,13,15-16H,2-4,6,11-12H2,1H3/t15-,16+/m1/s1. The maximum Gasteiger partial charge on any atom is 0.211 e. The average Bonchev–Trinajstić information content (AvgIpc) is 2.46. The van der Waals surface area contributed by atoms with E-state index in [1.807, 2.05) is 30.3 Å². The van der Waals surface area contributed by atoms with Gasteiger partial charge in [0, 0.05) is 10.8 Å². The Kier molecular flexibility index (Phi) is 7.55. The van der Waals surface area contributed by atoms with E-state index in [4.69, 9.17) is 0 Å². The van der Waals surface area contributed by atoms with Gasteiger partial charge in [-0.2, -0.15) is 0 Å². The van der Waals surface area contributed by atoms with E-state index in [-0.39, 0.29) is 23.3 Å². The number of hydrogen-bond acceptors (Lipinski definition) is 3. The molecule has 2 atom stereocenters. The molecule has 0 saturated carbocycles. The second kappa shape index (κ2) is 9.23. The molecular formula is C16H23NO3. The lowest BCUT2D eigenvalue weighted by atomic mass is 9.83. The van der Waals surface area contributed by atoms with Crippen molar-refractivity contribution in [3.05, 3.63) is 46.0 Å². The van der Waals surface area contributed by atoms with Crippen LogP contribution in [0.25, 0.3) is 0 Å². The first-order valence-electron chi connectivity index (χ1n) is 7.31. The van der Waals surface area contributed by atoms with Gasteiger partial charge in [-0.1, -0.05) is 62.9 Å². The van der Waals surface area contributed by atoms with Gasteiger partial charge in [-0.25, -0.2) is 0 Å². The summed E-state index contributed by atoms with van der Waals surface area (Å²) in [7, 11) is 0. The minimum atomic E-state index is -0.319. The molecule has 0 aliphatic heterocycles. The topological polar surface area (TPSA) is 60.2 Å². The Morgan fingerprint density at radius 1 is 1.20 bits per heavy atom. The minimum Gasteiger partial charge on any atom is -0.303 e. The van der Waals surface area contributed by atoms with Crippen molar-refractivity contribution >= 4 is 6.29 Å². The van der Waals surface area contributed by atoms with Gasteiger partial charge in [-0.3, -0.25) is 10.1 Å². The van der Waals surface area contributed by atoms with Gasteiger partial charge in [0.25, 0.3) is 0 Å². The fourth-order valence-electron chi connectivity index (χ4n) is 2.52. The zero-order valence-corrected chi connectivity index (χ0v) is 12.0. The van der Waals surface area contributed by atoms with Gasteiger partial charge in [0.2, 0.25) is 6.54 Å². The maximum atomic E-state index is 11.3. The largest absolute Gasteiger partial charge is 0.303 e. The highest BCUT2D eigenvalue weighted by Gasteiger charge is 2.27. The summed E-state index contributed by atoms with van der Waals surface area (Å²) in [4.78, 5) is 21.9. The van der Waals surface area contributed by atoms with Crippen LogP contribution >= 0.6 is 0 Å². The van der Waals surface area contributed by atoms with Gasteiger partial charge in [-0.15, -0.1) is 0 Å². The third-order valence-corrected chi connectivity index (χ3v) is 3.66. The molecule has 1 aromatic carbocycles. The smallest absolute Gasteiger partial charge is 0.211 e. The Hall–Kier alpha value is -1.71. The van der Waals surface area contributed by atoms with E-state index in [9.17, 15) is 14.9 Å². The summed E-state index contributed by atoms with van der Waals surface area (Å²) in [6.45, 7) is 1.96. The van der Waals surface area contributed by atoms with Crippen molar-refractivity contribution < 1.29 is 9.72 Å². The highest BCUT2D eigenvalue weighted by atomic mass is 16.6. The molecule has 0 N–H and O–H groups in total. The highest BCUT2D eigenvalue weighted by Crippen LogP contribution is 2.28. The lowest BCUT2D eigenvalue weighted by Gasteiger charge is -2.20. The van der Waals surface area contributed by atoms with Crippen LogP contribution in [-0.2, 0) is 4.79 Å². The lowest BCUT2D eigenvalue weighted by molar-refractivity contribution is -0.484. The van der Waals surface area contributed by atoms with Crippen LogP contribution in [0, 0.1) is 16.0 Å². The van der Waals surface area contributed by atoms with E-state index in [0.717, 1.165) is 44.0 Å². The number of carbonyl (C=O) groups is 1. The molecule has 110 valence electrons. The number of nitro groups is 1. The van der Waals surface area contributed by atoms with Crippen molar-refractivity contribution in [1.29, 1.82) is 0 Å². The molecular weight excluding hydrogens is 254 g/mol. The van der Waals surface area contributed by atoms with Gasteiger partial charge in [0.15, 0.2) is 0 Å². The Morgan fingerprint density at radius 2 is 1.90 bits per heavy atom. The number of carbonyl (C=O) groups excluding carboxylic acids is 1. The molecule has 4 nitrogen and oxygen atoms in total. The van der Waals surface area contributed by atoms with Crippen molar-refractivity contribution in [2.45, 2.75) is 44.9 Å². The number of aldehydes is 1. The summed E-state index contributed by atoms with van der Waals surface area (Å²) in [5, 5.41) is 10.9. The first kappa shape index (κ1) is 16.3. The van der Waals surface area contributed by atoms with Crippen LogP contribution in [0.3, 0.4) is 0 Å². The van der Waals surface area contributed by atoms with Crippen LogP contribution in [0.4, 0.5) is 0 Å². The molecule has 0 fully saturated rings. The van der Waals surface area contributed by atoms with E-state index < -0.39 is 0 Å². The van der Waals surface area contributed by atoms with E-state index in [1.165, 1.54) is 0 Å². The van der Waals surface area contributed by atoms with Crippen LogP contribution in [0.1, 0.15) is 50.5 Å². The molecule has 0 saturated heterocycles. The van der Waals surface area contributed by atoms with Gasteiger partial charge < -0.3 is 4.79 Å². The van der Waals surface area contributed by atoms with E-state index in [0.29, 0.717) is 0 Å². The number of nitrogens with zero attached hydrogens (tertiary/aromatic N) is 1. The second-order valence-corrected chi connectivity index (χ2v) is 5.18. The third kappa shape index (κ3) is 5.51. The minimum absolute atomic E-state index is 0.179. The highest BCUT2D eigenvalue weighted by molar-refractivity contribution is 5.56. The van der Waals surface area contributed by atoms with Gasteiger partial charge in [-0.05, 0) is 12.0 Å². The van der Waals surface area contributed by atoms with Crippen LogP contribution in [-0.4, -0.2) is 17.8 Å². The molecule has 0 bridgehead atoms. The summed E-state index contributed by atoms with van der Waals surface area (Å²) in [5.74, 6) is -0.579. The first-order chi connectivity index (χ1) is 9.69. The summed E-state index contributed by atoms with van der Waals surface area (Å²) >= 11 is 0. The van der Waals surface area contributed by atoms with Crippen molar-refractivity contribution in [3.8, 4) is 0 Å². The Morgan fingerprint density at radius 3 is 2.45 bits per heavy atom. The van der Waals surface area contributed by atoms with Crippen molar-refractivity contribution in [3.63, 3.8) is 0 Å². The van der Waals surface area contributed by atoms with Crippen LogP contribution in [0.15, 0.2) is 30.3 Å². The normalized spacial score (nSPS) is 13.7. The fourth-order valence-corrected chi connectivity index (χ4v) is 2.52. The SMILES string of the molecule is CCCCCC[C@H](C=O)[C@@H](C[N+](=O)[O-])c1ccccc1. The molecule has 1 rings (SSSR count). The summed E-state index contributed by atoms with van der Waals surface area (Å²) in [6, 6.07) is 9.35. The fraction of sp³-hybridized carbons (Fsp3) is 0.562. The maximum absolute atomic E-state index is 11.3. The van der Waals surface area contributed by atoms with E-state index in [2.05, 4.69) is 6.92 Å². The molecule has 0 heterocycles. The predicted octanol–water partition coefficient (Wildman–Crippen LogP) is 3.83. The van der Waals surface area contributed by atoms with Crippen LogP contribution in [0.2, 0.25) is 0 Å². The van der Waals surface area contributed by atoms with Gasteiger partial charge >= 0.3 is 0 Å². The molecule has 0 unspecified atom stereocenters. The van der Waals surface area contributed by atoms with Crippen LogP contribution in [0.5, 0.6) is 0 Å². The number of benzene rings is 1. The lowest BCUT2D eigenvalue weighted by Crippen LogP contribution is -2.22. The van der Waals surface area contributed by atoms with E-state index in [1.54, 1.807) is 0 Å². The first-order valence-corrected chi connectivity index (χ1v) is 7.31. The van der Waals surface area contributed by atoms with Gasteiger partial charge in [0.05, 0.1) is 5.92 Å². The van der Waals surface area contributed by atoms with Crippen molar-refractivity contribution in [2.24, 2.45) is 5.92 Å². The molecule has 0 amide bonds. The Bertz CT molecular complexity index is 405. The molecule has 0 spiro atoms. The monoisotopic (exact) mass is 277 g/mol. The van der Waals surface area contributed by atoms with Crippen LogP contribution < -0.4 is 0 Å². The van der Waals surface area contributed by atoms with Gasteiger partial charge in [0.1, 0.15) is 6.29 Å². The number of rotatable bonds is 10. The van der Waals surface area contributed by atoms with Crippen molar-refractivity contribution in [1.82, 2.24) is 0 Å². The number of unbranched alkanes of at least 4 members (excludes halogenated alkanes) is 3. The Labute approximate surface area is 120 Å². The summed E-state index contributed by atoms with van der Waals surface area (Å²) in [6.07, 6.45) is 5.96. The molecule has 20 heavy (non-hydrogen) atoms. The molecule has 1 aromatic rings. The quantitative estimate of drug-likeness (QED) is 0.282. The summed E-state index contributed by atoms with van der Waals surface area (Å²) < 4.78 is 0. The third-order valence-electron chi connectivity index (χ3n) is 3.66. The van der Waals surface area contributed by atoms with Crippen molar-refractivity contribution in [2.75, 3.05) is 6.54 Å². The second-order valence-electron chi connectivity index (χ2n) is 5.18. The van der Waals surface area contributed by atoms with E-state index >= 15 is 0 Å². The molecule has 4 heteroatoms. The summed E-state index contributed by atoms with van der Waals surface area (Å²) in [5.41, 5.74) is 0.886.